The lowest BCUT2D eigenvalue weighted by molar-refractivity contribution is -0.161. The Balaban J connectivity index is 2.09. The van der Waals surface area contributed by atoms with E-state index in [4.69, 9.17) is 14.2 Å². The molecule has 0 radical (unpaired) electrons. The SMILES string of the molecule is CC(=O)OC[C@@H]1O[C@H](C#Cc2ccc(C(C)(C)C)cc2)C=C[C@H]1OC(C)=O. The molecule has 0 saturated heterocycles. The van der Waals surface area contributed by atoms with Crippen LogP contribution in [0.25, 0.3) is 0 Å². The fourth-order valence-electron chi connectivity index (χ4n) is 2.58. The highest BCUT2D eigenvalue weighted by atomic mass is 16.6. The number of rotatable bonds is 3. The number of carbonyl (C=O) groups is 2. The van der Waals surface area contributed by atoms with Gasteiger partial charge in [-0.15, -0.1) is 0 Å². The van der Waals surface area contributed by atoms with E-state index in [1.807, 2.05) is 12.1 Å². The topological polar surface area (TPSA) is 61.8 Å². The minimum absolute atomic E-state index is 0.00389. The maximum absolute atomic E-state index is 11.2. The summed E-state index contributed by atoms with van der Waals surface area (Å²) in [4.78, 5) is 22.3. The summed E-state index contributed by atoms with van der Waals surface area (Å²) in [5.41, 5.74) is 2.22. The first-order valence-corrected chi connectivity index (χ1v) is 8.91. The Morgan fingerprint density at radius 2 is 1.74 bits per heavy atom. The molecule has 144 valence electrons. The lowest BCUT2D eigenvalue weighted by Crippen LogP contribution is -2.41. The van der Waals surface area contributed by atoms with Crippen LogP contribution in [-0.2, 0) is 29.2 Å². The number of benzene rings is 1. The first-order valence-electron chi connectivity index (χ1n) is 8.91. The zero-order chi connectivity index (χ0) is 20.0. The summed E-state index contributed by atoms with van der Waals surface area (Å²) in [5.74, 6) is 5.29. The third-order valence-corrected chi connectivity index (χ3v) is 4.03. The largest absolute Gasteiger partial charge is 0.463 e. The number of hydrogen-bond donors (Lipinski definition) is 0. The van der Waals surface area contributed by atoms with Crippen molar-refractivity contribution in [3.05, 3.63) is 47.5 Å². The van der Waals surface area contributed by atoms with Crippen LogP contribution in [-0.4, -0.2) is 36.9 Å². The molecule has 1 aliphatic heterocycles. The molecule has 27 heavy (non-hydrogen) atoms. The molecule has 1 aromatic rings. The lowest BCUT2D eigenvalue weighted by Gasteiger charge is -2.29. The molecule has 5 heteroatoms. The Kier molecular flexibility index (Phi) is 6.81. The number of carbonyl (C=O) groups excluding carboxylic acids is 2. The van der Waals surface area contributed by atoms with E-state index in [0.29, 0.717) is 0 Å². The van der Waals surface area contributed by atoms with Crippen molar-refractivity contribution in [2.75, 3.05) is 6.61 Å². The molecule has 0 aromatic heterocycles. The van der Waals surface area contributed by atoms with Crippen molar-refractivity contribution in [2.45, 2.75) is 58.3 Å². The minimum atomic E-state index is -0.606. The van der Waals surface area contributed by atoms with Gasteiger partial charge in [0.25, 0.3) is 0 Å². The van der Waals surface area contributed by atoms with E-state index in [0.717, 1.165) is 5.56 Å². The molecule has 3 atom stereocenters. The quantitative estimate of drug-likeness (QED) is 0.465. The van der Waals surface area contributed by atoms with Gasteiger partial charge in [0.05, 0.1) is 0 Å². The van der Waals surface area contributed by atoms with Crippen LogP contribution < -0.4 is 0 Å². The van der Waals surface area contributed by atoms with Crippen molar-refractivity contribution in [1.29, 1.82) is 0 Å². The average molecular weight is 370 g/mol. The number of esters is 2. The summed E-state index contributed by atoms with van der Waals surface area (Å²) in [6.07, 6.45) is 1.80. The van der Waals surface area contributed by atoms with Crippen molar-refractivity contribution in [3.8, 4) is 11.8 Å². The Labute approximate surface area is 160 Å². The molecule has 0 N–H and O–H groups in total. The Morgan fingerprint density at radius 1 is 1.07 bits per heavy atom. The van der Waals surface area contributed by atoms with E-state index in [2.05, 4.69) is 44.7 Å². The van der Waals surface area contributed by atoms with Gasteiger partial charge >= 0.3 is 11.9 Å². The molecule has 1 aliphatic rings. The molecule has 1 aromatic carbocycles. The molecule has 0 aliphatic carbocycles. The minimum Gasteiger partial charge on any atom is -0.463 e. The van der Waals surface area contributed by atoms with Crippen molar-refractivity contribution >= 4 is 11.9 Å². The standard InChI is InChI=1S/C22H26O5/c1-15(23)25-14-21-20(26-16(2)24)13-12-19(27-21)11-8-17-6-9-18(10-7-17)22(3,4)5/h6-7,9-10,12-13,19-21H,14H2,1-5H3/t19-,20-,21+/m1/s1. The number of ether oxygens (including phenoxy) is 3. The third kappa shape index (κ3) is 6.58. The molecule has 5 nitrogen and oxygen atoms in total. The Morgan fingerprint density at radius 3 is 2.30 bits per heavy atom. The molecule has 0 saturated carbocycles. The Hall–Kier alpha value is -2.58. The van der Waals surface area contributed by atoms with Crippen LogP contribution in [0.2, 0.25) is 0 Å². The summed E-state index contributed by atoms with van der Waals surface area (Å²) in [6, 6.07) is 8.11. The van der Waals surface area contributed by atoms with Gasteiger partial charge in [0.2, 0.25) is 0 Å². The van der Waals surface area contributed by atoms with Crippen molar-refractivity contribution in [1.82, 2.24) is 0 Å². The monoisotopic (exact) mass is 370 g/mol. The Bertz CT molecular complexity index is 759. The van der Waals surface area contributed by atoms with Crippen LogP contribution in [0.1, 0.15) is 45.7 Å². The van der Waals surface area contributed by atoms with Gasteiger partial charge in [0.15, 0.2) is 0 Å². The van der Waals surface area contributed by atoms with Gasteiger partial charge in [-0.2, -0.15) is 0 Å². The average Bonchev–Trinajstić information content (AvgIpc) is 2.58. The van der Waals surface area contributed by atoms with Gasteiger partial charge in [-0.05, 0) is 35.3 Å². The van der Waals surface area contributed by atoms with E-state index < -0.39 is 30.3 Å². The van der Waals surface area contributed by atoms with Crippen molar-refractivity contribution in [2.24, 2.45) is 0 Å². The van der Waals surface area contributed by atoms with Gasteiger partial charge in [-0.1, -0.05) is 44.7 Å². The fraction of sp³-hybridized carbons (Fsp3) is 0.455. The molecule has 0 amide bonds. The van der Waals surface area contributed by atoms with E-state index in [-0.39, 0.29) is 12.0 Å². The maximum Gasteiger partial charge on any atom is 0.303 e. The van der Waals surface area contributed by atoms with E-state index in [9.17, 15) is 9.59 Å². The van der Waals surface area contributed by atoms with Gasteiger partial charge in [-0.3, -0.25) is 9.59 Å². The number of hydrogen-bond acceptors (Lipinski definition) is 5. The zero-order valence-electron chi connectivity index (χ0n) is 16.4. The van der Waals surface area contributed by atoms with Crippen LogP contribution in [0.5, 0.6) is 0 Å². The van der Waals surface area contributed by atoms with Gasteiger partial charge in [0.1, 0.15) is 24.9 Å². The van der Waals surface area contributed by atoms with E-state index in [1.165, 1.54) is 19.4 Å². The van der Waals surface area contributed by atoms with Crippen molar-refractivity contribution < 1.29 is 23.8 Å². The molecule has 0 fully saturated rings. The highest BCUT2D eigenvalue weighted by Gasteiger charge is 2.30. The first kappa shape index (κ1) is 20.7. The summed E-state index contributed by atoms with van der Waals surface area (Å²) < 4.78 is 16.0. The lowest BCUT2D eigenvalue weighted by atomic mass is 9.87. The van der Waals surface area contributed by atoms with Crippen molar-refractivity contribution in [3.63, 3.8) is 0 Å². The molecule has 0 unspecified atom stereocenters. The van der Waals surface area contributed by atoms with Crippen LogP contribution >= 0.6 is 0 Å². The van der Waals surface area contributed by atoms with Gasteiger partial charge in [-0.25, -0.2) is 0 Å². The second kappa shape index (κ2) is 8.88. The molecule has 1 heterocycles. The second-order valence-electron chi connectivity index (χ2n) is 7.45. The van der Waals surface area contributed by atoms with E-state index >= 15 is 0 Å². The zero-order valence-corrected chi connectivity index (χ0v) is 16.4. The van der Waals surface area contributed by atoms with Gasteiger partial charge in [0, 0.05) is 19.4 Å². The second-order valence-corrected chi connectivity index (χ2v) is 7.45. The molecule has 0 spiro atoms. The van der Waals surface area contributed by atoms with Gasteiger partial charge < -0.3 is 14.2 Å². The summed E-state index contributed by atoms with van der Waals surface area (Å²) >= 11 is 0. The predicted octanol–water partition coefficient (Wildman–Crippen LogP) is 3.15. The summed E-state index contributed by atoms with van der Waals surface area (Å²) in [7, 11) is 0. The summed E-state index contributed by atoms with van der Waals surface area (Å²) in [5, 5.41) is 0. The molecular formula is C22H26O5. The highest BCUT2D eigenvalue weighted by molar-refractivity contribution is 5.67. The molecule has 2 rings (SSSR count). The van der Waals surface area contributed by atoms with E-state index in [1.54, 1.807) is 12.2 Å². The van der Waals surface area contributed by atoms with Crippen LogP contribution in [0.4, 0.5) is 0 Å². The first-order chi connectivity index (χ1) is 12.6. The summed E-state index contributed by atoms with van der Waals surface area (Å²) in [6.45, 7) is 9.13. The van der Waals surface area contributed by atoms with Crippen LogP contribution in [0, 0.1) is 11.8 Å². The van der Waals surface area contributed by atoms with Crippen LogP contribution in [0.3, 0.4) is 0 Å². The third-order valence-electron chi connectivity index (χ3n) is 4.03. The maximum atomic E-state index is 11.2. The fourth-order valence-corrected chi connectivity index (χ4v) is 2.58. The molecular weight excluding hydrogens is 344 g/mol. The smallest absolute Gasteiger partial charge is 0.303 e. The molecule has 0 bridgehead atoms. The highest BCUT2D eigenvalue weighted by Crippen LogP contribution is 2.22. The van der Waals surface area contributed by atoms with Crippen LogP contribution in [0.15, 0.2) is 36.4 Å². The predicted molar refractivity (Wildman–Crippen MR) is 102 cm³/mol. The normalized spacial score (nSPS) is 21.7.